The molecule has 0 heterocycles. The summed E-state index contributed by atoms with van der Waals surface area (Å²) in [7, 11) is -4.87. The Morgan fingerprint density at radius 3 is 0.691 bits per heavy atom. The fourth-order valence-corrected chi connectivity index (χ4v) is 10.3. The van der Waals surface area contributed by atoms with Gasteiger partial charge < -0.3 is 24.0 Å². The first-order chi connectivity index (χ1) is 29.0. The highest BCUT2D eigenvalue weighted by atomic mass is 127. The number of hydrogen-bond donors (Lipinski definition) is 0. The van der Waals surface area contributed by atoms with Crippen LogP contribution in [0.3, 0.4) is 0 Å². The van der Waals surface area contributed by atoms with Crippen LogP contribution in [0.4, 0.5) is 154 Å². The molecule has 0 bridgehead atoms. The highest BCUT2D eigenvalue weighted by molar-refractivity contribution is 7.82. The van der Waals surface area contributed by atoms with Gasteiger partial charge in [0.25, 0.3) is 0 Å². The van der Waals surface area contributed by atoms with Crippen molar-refractivity contribution in [2.24, 2.45) is 0 Å². The van der Waals surface area contributed by atoms with Crippen LogP contribution in [-0.4, -0.2) is 114 Å². The molecule has 0 aliphatic carbocycles. The van der Waals surface area contributed by atoms with Crippen molar-refractivity contribution in [3.63, 3.8) is 0 Å². The smallest absolute Gasteiger partial charge is 0.460 e. The molecule has 37 heteroatoms. The molecule has 0 atom stereocenters. The highest BCUT2D eigenvalue weighted by Gasteiger charge is 2.95. The van der Waals surface area contributed by atoms with Gasteiger partial charge in [-0.2, -0.15) is 154 Å². The summed E-state index contributed by atoms with van der Waals surface area (Å²) < 4.78 is 477. The van der Waals surface area contributed by atoms with Crippen LogP contribution in [0, 0.1) is 0 Å². The van der Waals surface area contributed by atoms with Crippen molar-refractivity contribution in [3.05, 3.63) is 30.3 Å². The van der Waals surface area contributed by atoms with Gasteiger partial charge in [0.05, 0.1) is 23.8 Å². The number of benzene rings is 1. The Morgan fingerprint density at radius 1 is 0.265 bits per heavy atom. The zero-order valence-corrected chi connectivity index (χ0v) is 34.9. The Bertz CT molecular complexity index is 1740. The van der Waals surface area contributed by atoms with Crippen LogP contribution in [0.5, 0.6) is 0 Å². The fourth-order valence-electron chi connectivity index (χ4n) is 5.76. The maximum atomic E-state index is 14.8. The number of alkyl halides is 35. The van der Waals surface area contributed by atoms with E-state index in [0.717, 1.165) is 6.07 Å². The molecule has 0 N–H and O–H groups in total. The molecular weight excluding hydrogens is 1200 g/mol. The quantitative estimate of drug-likeness (QED) is 0.0582. The maximum absolute atomic E-state index is 14.8. The lowest BCUT2D eigenvalue weighted by molar-refractivity contribution is -0.461. The monoisotopic (exact) mass is 1220 g/mol. The molecule has 0 saturated heterocycles. The van der Waals surface area contributed by atoms with Crippen molar-refractivity contribution in [2.45, 2.75) is 134 Å². The van der Waals surface area contributed by atoms with Gasteiger partial charge in [0, 0.05) is 26.5 Å². The van der Waals surface area contributed by atoms with Crippen molar-refractivity contribution < 1.29 is 178 Å². The molecular formula is C31H23F35IP. The maximum Gasteiger partial charge on any atom is 0.460 e. The van der Waals surface area contributed by atoms with Crippen LogP contribution < -0.4 is 29.3 Å². The van der Waals surface area contributed by atoms with E-state index in [1.165, 1.54) is 0 Å². The lowest BCUT2D eigenvalue weighted by Gasteiger charge is -2.42. The molecule has 0 radical (unpaired) electrons. The summed E-state index contributed by atoms with van der Waals surface area (Å²) >= 11 is 0. The molecule has 0 nitrogen and oxygen atoms in total. The average molecular weight is 1220 g/mol. The Labute approximate surface area is 373 Å². The lowest BCUT2D eigenvalue weighted by atomic mass is 9.88. The van der Waals surface area contributed by atoms with E-state index in [1.807, 2.05) is 0 Å². The largest absolute Gasteiger partial charge is 1.00 e. The van der Waals surface area contributed by atoms with Crippen LogP contribution in [0.15, 0.2) is 30.3 Å². The molecule has 1 aromatic carbocycles. The van der Waals surface area contributed by atoms with Crippen molar-refractivity contribution in [3.8, 4) is 0 Å². The van der Waals surface area contributed by atoms with Crippen LogP contribution in [0.2, 0.25) is 0 Å². The number of rotatable bonds is 23. The first-order valence-electron chi connectivity index (χ1n) is 17.0. The molecule has 0 aliphatic heterocycles. The molecule has 0 aliphatic rings. The average Bonchev–Trinajstić information content (AvgIpc) is 3.12. The normalized spacial score (nSPS) is 16.0. The van der Waals surface area contributed by atoms with Crippen LogP contribution >= 0.6 is 7.26 Å². The summed E-state index contributed by atoms with van der Waals surface area (Å²) in [4.78, 5) is 0. The van der Waals surface area contributed by atoms with Crippen molar-refractivity contribution in [1.82, 2.24) is 0 Å². The predicted molar refractivity (Wildman–Crippen MR) is 158 cm³/mol. The Balaban J connectivity index is 0.0000449. The summed E-state index contributed by atoms with van der Waals surface area (Å²) in [6.07, 6.45) is -44.4. The third kappa shape index (κ3) is 10.8. The molecule has 0 saturated carbocycles. The van der Waals surface area contributed by atoms with Gasteiger partial charge in [-0.15, -0.1) is 0 Å². The van der Waals surface area contributed by atoms with Gasteiger partial charge in [-0.3, -0.25) is 0 Å². The second-order valence-electron chi connectivity index (χ2n) is 14.3. The second kappa shape index (κ2) is 19.4. The molecule has 0 spiro atoms. The predicted octanol–water partition coefficient (Wildman–Crippen LogP) is 12.6. The number of halogens is 36. The first kappa shape index (κ1) is 65.9. The first-order valence-corrected chi connectivity index (χ1v) is 19.4. The molecule has 1 aromatic rings. The summed E-state index contributed by atoms with van der Waals surface area (Å²) in [5.74, 6) is -104. The van der Waals surface area contributed by atoms with Gasteiger partial charge in [-0.25, -0.2) is 0 Å². The Morgan fingerprint density at radius 2 is 0.456 bits per heavy atom. The van der Waals surface area contributed by atoms with E-state index < -0.39 is 165 Å². The molecule has 0 unspecified atom stereocenters. The minimum Gasteiger partial charge on any atom is -1.00 e. The van der Waals surface area contributed by atoms with E-state index in [9.17, 15) is 154 Å². The van der Waals surface area contributed by atoms with Crippen molar-refractivity contribution in [2.75, 3.05) is 18.5 Å². The summed E-state index contributed by atoms with van der Waals surface area (Å²) in [6, 6.07) is 3.20. The van der Waals surface area contributed by atoms with Crippen LogP contribution in [-0.2, 0) is 0 Å². The minimum atomic E-state index is -9.10. The molecule has 68 heavy (non-hydrogen) atoms. The van der Waals surface area contributed by atoms with Gasteiger partial charge in [-0.1, -0.05) is 18.2 Å². The van der Waals surface area contributed by atoms with Crippen molar-refractivity contribution >= 4 is 12.6 Å². The second-order valence-corrected chi connectivity index (χ2v) is 18.5. The van der Waals surface area contributed by atoms with Crippen LogP contribution in [0.1, 0.15) is 38.5 Å². The standard InChI is InChI=1S/C31H23F35P.HI/c32-16(33,19(38,39)22(44,45)23(46,47)24(48,49)25(50,51)28(56,57)31(64,65)66)9-4-12-67(15-7-2-1-3-8-15,13-5-10-17(34,35)20(40,41)26(52,53)29(58,59)60)14-6-11-18(36,37)21(42,43)27(54,55)30(61,62)63;/h1-3,7-8H,4-6,9-14H2;1H/q+1;/p-1. The minimum absolute atomic E-state index is 0. The topological polar surface area (TPSA) is 0 Å². The lowest BCUT2D eigenvalue weighted by Crippen LogP contribution is -3.00. The van der Waals surface area contributed by atoms with Gasteiger partial charge in [0.2, 0.25) is 0 Å². The third-order valence-corrected chi connectivity index (χ3v) is 14.7. The van der Waals surface area contributed by atoms with E-state index in [1.54, 1.807) is 0 Å². The van der Waals surface area contributed by atoms with Crippen molar-refractivity contribution in [1.29, 1.82) is 0 Å². The zero-order chi connectivity index (χ0) is 54.0. The number of hydrogen-bond acceptors (Lipinski definition) is 0. The van der Waals surface area contributed by atoms with Gasteiger partial charge in [-0.05, 0) is 31.4 Å². The molecule has 404 valence electrons. The summed E-state index contributed by atoms with van der Waals surface area (Å²) in [5.41, 5.74) is 0. The van der Waals surface area contributed by atoms with Gasteiger partial charge in [0.1, 0.15) is 0 Å². The summed E-state index contributed by atoms with van der Waals surface area (Å²) in [5, 5.41) is -0.874. The van der Waals surface area contributed by atoms with Gasteiger partial charge in [0.15, 0.2) is 0 Å². The Kier molecular flexibility index (Phi) is 18.8. The zero-order valence-electron chi connectivity index (χ0n) is 31.8. The van der Waals surface area contributed by atoms with E-state index in [0.29, 0.717) is 24.3 Å². The summed E-state index contributed by atoms with van der Waals surface area (Å²) in [6.45, 7) is 0. The fraction of sp³-hybridized carbons (Fsp3) is 0.806. The molecule has 0 fully saturated rings. The molecule has 0 aromatic heterocycles. The Hall–Kier alpha value is -2.07. The van der Waals surface area contributed by atoms with E-state index >= 15 is 0 Å². The molecule has 0 amide bonds. The SMILES string of the molecule is FC(F)(F)C(F)(F)C(F)(F)C(F)(F)CCC[P+](CCCC(F)(F)C(F)(F)C(F)(F)C(F)(F)F)(CCCC(F)(F)C(F)(F)C(F)(F)C(F)(F)C(F)(F)C(F)(F)C(F)(F)C(F)(F)F)c1ccccc1.[I-]. The highest BCUT2D eigenvalue weighted by Crippen LogP contribution is 2.66. The van der Waals surface area contributed by atoms with E-state index in [-0.39, 0.29) is 24.0 Å². The van der Waals surface area contributed by atoms with E-state index in [2.05, 4.69) is 0 Å². The third-order valence-electron chi connectivity index (χ3n) is 9.74. The van der Waals surface area contributed by atoms with Crippen LogP contribution in [0.25, 0.3) is 0 Å². The molecule has 1 rings (SSSR count). The van der Waals surface area contributed by atoms with E-state index in [4.69, 9.17) is 0 Å². The van der Waals surface area contributed by atoms with Gasteiger partial charge >= 0.3 is 95.5 Å².